The molecule has 20 heavy (non-hydrogen) atoms. The van der Waals surface area contributed by atoms with Gasteiger partial charge in [-0.25, -0.2) is 0 Å². The van der Waals surface area contributed by atoms with Crippen LogP contribution in [-0.2, 0) is 6.54 Å². The van der Waals surface area contributed by atoms with Crippen LogP contribution in [0.5, 0.6) is 0 Å². The van der Waals surface area contributed by atoms with Crippen molar-refractivity contribution in [1.29, 1.82) is 0 Å². The van der Waals surface area contributed by atoms with Gasteiger partial charge in [0, 0.05) is 36.2 Å². The van der Waals surface area contributed by atoms with Crippen molar-refractivity contribution in [2.75, 3.05) is 11.9 Å². The van der Waals surface area contributed by atoms with Crippen LogP contribution in [0, 0.1) is 0 Å². The van der Waals surface area contributed by atoms with E-state index >= 15 is 0 Å². The summed E-state index contributed by atoms with van der Waals surface area (Å²) in [7, 11) is 0. The van der Waals surface area contributed by atoms with Crippen LogP contribution in [0.25, 0.3) is 11.0 Å². The van der Waals surface area contributed by atoms with Gasteiger partial charge in [0.05, 0.1) is 17.4 Å². The van der Waals surface area contributed by atoms with E-state index in [2.05, 4.69) is 41.5 Å². The maximum Gasteiger partial charge on any atom is 0.112 e. The third kappa shape index (κ3) is 2.93. The van der Waals surface area contributed by atoms with Crippen molar-refractivity contribution < 1.29 is 0 Å². The summed E-state index contributed by atoms with van der Waals surface area (Å²) < 4.78 is 2.75. The lowest BCUT2D eigenvalue weighted by Crippen LogP contribution is -2.08. The molecule has 0 aliphatic rings. The molecule has 0 aliphatic heterocycles. The second kappa shape index (κ2) is 5.96. The zero-order valence-electron chi connectivity index (χ0n) is 10.7. The van der Waals surface area contributed by atoms with E-state index in [0.29, 0.717) is 0 Å². The van der Waals surface area contributed by atoms with Gasteiger partial charge < -0.3 is 5.32 Å². The fourth-order valence-corrected chi connectivity index (χ4v) is 2.28. The Balaban J connectivity index is 1.65. The van der Waals surface area contributed by atoms with Gasteiger partial charge >= 0.3 is 0 Å². The Morgan fingerprint density at radius 2 is 2.20 bits per heavy atom. The summed E-state index contributed by atoms with van der Waals surface area (Å²) in [5.74, 6) is 0. The summed E-state index contributed by atoms with van der Waals surface area (Å²) in [6.07, 6.45) is 8.08. The number of halogens is 1. The van der Waals surface area contributed by atoms with Crippen molar-refractivity contribution in [3.05, 3.63) is 41.4 Å². The molecule has 3 aromatic rings. The lowest BCUT2D eigenvalue weighted by atomic mass is 10.2. The maximum absolute atomic E-state index is 4.41. The molecule has 0 saturated carbocycles. The minimum atomic E-state index is 0.842. The standard InChI is InChI=1S/C13H13BrN6/c14-10-8-12-13(17-9-10)11(2-4-16-12)15-3-1-6-20-7-5-18-19-20/h2,4-5,7-9H,1,3,6H2,(H,15,16). The van der Waals surface area contributed by atoms with Crippen molar-refractivity contribution in [3.8, 4) is 0 Å². The van der Waals surface area contributed by atoms with Crippen LogP contribution >= 0.6 is 15.9 Å². The fraction of sp³-hybridized carbons (Fsp3) is 0.231. The Morgan fingerprint density at radius 3 is 3.05 bits per heavy atom. The van der Waals surface area contributed by atoms with Gasteiger partial charge in [0.2, 0.25) is 0 Å². The van der Waals surface area contributed by atoms with Gasteiger partial charge in [-0.15, -0.1) is 5.10 Å². The molecule has 0 bridgehead atoms. The quantitative estimate of drug-likeness (QED) is 0.727. The van der Waals surface area contributed by atoms with E-state index in [1.54, 1.807) is 18.6 Å². The van der Waals surface area contributed by atoms with Gasteiger partial charge in [-0.1, -0.05) is 5.21 Å². The van der Waals surface area contributed by atoms with Crippen molar-refractivity contribution in [3.63, 3.8) is 0 Å². The van der Waals surface area contributed by atoms with E-state index in [4.69, 9.17) is 0 Å². The van der Waals surface area contributed by atoms with Crippen molar-refractivity contribution in [1.82, 2.24) is 25.0 Å². The predicted octanol–water partition coefficient (Wildman–Crippen LogP) is 2.49. The van der Waals surface area contributed by atoms with E-state index in [9.17, 15) is 0 Å². The second-order valence-electron chi connectivity index (χ2n) is 4.33. The molecule has 3 heterocycles. The number of aromatic nitrogens is 5. The van der Waals surface area contributed by atoms with Crippen LogP contribution in [-0.4, -0.2) is 31.5 Å². The first-order valence-corrected chi connectivity index (χ1v) is 7.10. The number of aryl methyl sites for hydroxylation is 1. The molecule has 0 atom stereocenters. The molecule has 0 aliphatic carbocycles. The number of rotatable bonds is 5. The average molecular weight is 333 g/mol. The van der Waals surface area contributed by atoms with Crippen LogP contribution in [0.4, 0.5) is 5.69 Å². The predicted molar refractivity (Wildman–Crippen MR) is 80.4 cm³/mol. The monoisotopic (exact) mass is 332 g/mol. The van der Waals surface area contributed by atoms with E-state index in [1.807, 2.05) is 23.0 Å². The minimum absolute atomic E-state index is 0.842. The number of fused-ring (bicyclic) bond motifs is 1. The van der Waals surface area contributed by atoms with Crippen LogP contribution in [0.1, 0.15) is 6.42 Å². The molecule has 0 spiro atoms. The number of hydrogen-bond donors (Lipinski definition) is 1. The smallest absolute Gasteiger partial charge is 0.112 e. The maximum atomic E-state index is 4.41. The zero-order chi connectivity index (χ0) is 13.8. The van der Waals surface area contributed by atoms with E-state index in [1.165, 1.54) is 0 Å². The first kappa shape index (κ1) is 13.0. The SMILES string of the molecule is Brc1cnc2c(NCCCn3ccnn3)ccnc2c1. The van der Waals surface area contributed by atoms with Crippen LogP contribution < -0.4 is 5.32 Å². The topological polar surface area (TPSA) is 68.5 Å². The Bertz CT molecular complexity index is 697. The van der Waals surface area contributed by atoms with Crippen molar-refractivity contribution in [2.45, 2.75) is 13.0 Å². The van der Waals surface area contributed by atoms with Gasteiger partial charge in [0.25, 0.3) is 0 Å². The molecule has 0 aromatic carbocycles. The molecule has 3 rings (SSSR count). The average Bonchev–Trinajstić information content (AvgIpc) is 2.96. The molecule has 0 unspecified atom stereocenters. The fourth-order valence-electron chi connectivity index (χ4n) is 1.96. The zero-order valence-corrected chi connectivity index (χ0v) is 12.3. The van der Waals surface area contributed by atoms with E-state index in [-0.39, 0.29) is 0 Å². The highest BCUT2D eigenvalue weighted by Gasteiger charge is 2.03. The number of pyridine rings is 2. The van der Waals surface area contributed by atoms with Crippen molar-refractivity contribution >= 4 is 32.7 Å². The minimum Gasteiger partial charge on any atom is -0.383 e. The molecule has 0 fully saturated rings. The first-order chi connectivity index (χ1) is 9.83. The summed E-state index contributed by atoms with van der Waals surface area (Å²) in [4.78, 5) is 8.73. The van der Waals surface area contributed by atoms with Gasteiger partial charge in [-0.2, -0.15) is 0 Å². The second-order valence-corrected chi connectivity index (χ2v) is 5.24. The number of anilines is 1. The molecule has 7 heteroatoms. The molecule has 0 amide bonds. The van der Waals surface area contributed by atoms with Crippen LogP contribution in [0.2, 0.25) is 0 Å². The summed E-state index contributed by atoms with van der Waals surface area (Å²) in [5, 5.41) is 11.1. The first-order valence-electron chi connectivity index (χ1n) is 6.31. The number of nitrogens with zero attached hydrogens (tertiary/aromatic N) is 5. The molecule has 3 aromatic heterocycles. The Hall–Kier alpha value is -2.02. The highest BCUT2D eigenvalue weighted by molar-refractivity contribution is 9.10. The summed E-state index contributed by atoms with van der Waals surface area (Å²) >= 11 is 3.40. The van der Waals surface area contributed by atoms with Gasteiger partial charge in [0.15, 0.2) is 0 Å². The highest BCUT2D eigenvalue weighted by Crippen LogP contribution is 2.21. The normalized spacial score (nSPS) is 10.8. The largest absolute Gasteiger partial charge is 0.383 e. The van der Waals surface area contributed by atoms with E-state index in [0.717, 1.165) is 40.7 Å². The number of nitrogens with one attached hydrogen (secondary N) is 1. The van der Waals surface area contributed by atoms with Gasteiger partial charge in [-0.05, 0) is 34.5 Å². The van der Waals surface area contributed by atoms with E-state index < -0.39 is 0 Å². The van der Waals surface area contributed by atoms with Crippen LogP contribution in [0.3, 0.4) is 0 Å². The van der Waals surface area contributed by atoms with Crippen LogP contribution in [0.15, 0.2) is 41.4 Å². The molecule has 0 radical (unpaired) electrons. The Morgan fingerprint density at radius 1 is 1.25 bits per heavy atom. The summed E-state index contributed by atoms with van der Waals surface area (Å²) in [6, 6.07) is 3.90. The molecular formula is C13H13BrN6. The van der Waals surface area contributed by atoms with Gasteiger partial charge in [-0.3, -0.25) is 14.6 Å². The highest BCUT2D eigenvalue weighted by atomic mass is 79.9. The lowest BCUT2D eigenvalue weighted by Gasteiger charge is -2.08. The Labute approximate surface area is 124 Å². The molecule has 6 nitrogen and oxygen atoms in total. The molecule has 0 saturated heterocycles. The molecule has 1 N–H and O–H groups in total. The Kier molecular flexibility index (Phi) is 3.87. The molecule has 102 valence electrons. The summed E-state index contributed by atoms with van der Waals surface area (Å²) in [6.45, 7) is 1.69. The third-order valence-electron chi connectivity index (χ3n) is 2.90. The summed E-state index contributed by atoms with van der Waals surface area (Å²) in [5.41, 5.74) is 2.76. The molecular weight excluding hydrogens is 320 g/mol. The van der Waals surface area contributed by atoms with Crippen molar-refractivity contribution in [2.24, 2.45) is 0 Å². The lowest BCUT2D eigenvalue weighted by molar-refractivity contribution is 0.570. The third-order valence-corrected chi connectivity index (χ3v) is 3.33. The van der Waals surface area contributed by atoms with Gasteiger partial charge in [0.1, 0.15) is 5.52 Å². The number of hydrogen-bond acceptors (Lipinski definition) is 5.